The average molecular weight is 600 g/mol. The number of carbonyl (C=O) groups is 2. The predicted molar refractivity (Wildman–Crippen MR) is 166 cm³/mol. The number of hydrogen-bond donors (Lipinski definition) is 3. The average Bonchev–Trinajstić information content (AvgIpc) is 3.83. The lowest BCUT2D eigenvalue weighted by atomic mass is 10.0. The summed E-state index contributed by atoms with van der Waals surface area (Å²) in [7, 11) is 0. The molecule has 1 saturated carbocycles. The molecule has 0 heterocycles. The van der Waals surface area contributed by atoms with Gasteiger partial charge in [-0.3, -0.25) is 9.59 Å². The summed E-state index contributed by atoms with van der Waals surface area (Å²) in [6.07, 6.45) is -1.47. The monoisotopic (exact) mass is 599 g/mol. The number of alkyl halides is 3. The van der Waals surface area contributed by atoms with Gasteiger partial charge in [0.2, 0.25) is 5.91 Å². The minimum Gasteiger partial charge on any atom is -0.350 e. The van der Waals surface area contributed by atoms with Gasteiger partial charge in [0.25, 0.3) is 5.91 Å². The third-order valence-corrected chi connectivity index (χ3v) is 7.94. The fraction of sp³-hybridized carbons (Fsp3) is 0.278. The van der Waals surface area contributed by atoms with Gasteiger partial charge in [-0.25, -0.2) is 0 Å². The number of amides is 2. The van der Waals surface area contributed by atoms with Crippen LogP contribution in [0.3, 0.4) is 0 Å². The van der Waals surface area contributed by atoms with Crippen LogP contribution >= 0.6 is 0 Å². The van der Waals surface area contributed by atoms with Crippen LogP contribution < -0.4 is 16.0 Å². The molecule has 1 aliphatic rings. The third-order valence-electron chi connectivity index (χ3n) is 7.94. The number of nitrogens with one attached hydrogen (secondary N) is 3. The Morgan fingerprint density at radius 3 is 2.18 bits per heavy atom. The first-order valence-corrected chi connectivity index (χ1v) is 15.0. The van der Waals surface area contributed by atoms with E-state index in [-0.39, 0.29) is 12.5 Å². The summed E-state index contributed by atoms with van der Waals surface area (Å²) < 4.78 is 39.4. The second-order valence-electron chi connectivity index (χ2n) is 11.2. The SMILES string of the molecule is O=C(NC(CCCCN[C@@H]1C[C@H]1c1ccccc1)C(=O)NCc1cccc(C(F)(F)F)c1)c1ccc(-c2ccccc2)cc1. The fourth-order valence-electron chi connectivity index (χ4n) is 5.38. The lowest BCUT2D eigenvalue weighted by molar-refractivity contribution is -0.137. The molecule has 44 heavy (non-hydrogen) atoms. The van der Waals surface area contributed by atoms with E-state index < -0.39 is 23.7 Å². The normalized spacial score (nSPS) is 16.6. The zero-order chi connectivity index (χ0) is 30.9. The van der Waals surface area contributed by atoms with Crippen LogP contribution in [0.5, 0.6) is 0 Å². The van der Waals surface area contributed by atoms with Gasteiger partial charge in [-0.15, -0.1) is 0 Å². The van der Waals surface area contributed by atoms with Gasteiger partial charge in [0.05, 0.1) is 5.56 Å². The highest BCUT2D eigenvalue weighted by atomic mass is 19.4. The number of unbranched alkanes of at least 4 members (excludes halogenated alkanes) is 1. The molecule has 1 unspecified atom stereocenters. The molecular formula is C36H36F3N3O2. The van der Waals surface area contributed by atoms with Crippen LogP contribution in [0.25, 0.3) is 11.1 Å². The van der Waals surface area contributed by atoms with Crippen LogP contribution in [0.4, 0.5) is 13.2 Å². The fourth-order valence-corrected chi connectivity index (χ4v) is 5.38. The van der Waals surface area contributed by atoms with Crippen molar-refractivity contribution < 1.29 is 22.8 Å². The first kappa shape index (κ1) is 31.0. The van der Waals surface area contributed by atoms with Crippen molar-refractivity contribution in [1.29, 1.82) is 0 Å². The molecule has 0 spiro atoms. The molecule has 0 aliphatic heterocycles. The van der Waals surface area contributed by atoms with E-state index in [0.717, 1.165) is 42.6 Å². The van der Waals surface area contributed by atoms with Crippen LogP contribution in [0.15, 0.2) is 109 Å². The Kier molecular flexibility index (Phi) is 10.1. The molecule has 4 aromatic rings. The molecule has 2 amide bonds. The van der Waals surface area contributed by atoms with Crippen molar-refractivity contribution in [2.75, 3.05) is 6.54 Å². The van der Waals surface area contributed by atoms with Crippen molar-refractivity contribution >= 4 is 11.8 Å². The van der Waals surface area contributed by atoms with Gasteiger partial charge in [-0.1, -0.05) is 84.9 Å². The summed E-state index contributed by atoms with van der Waals surface area (Å²) in [6, 6.07) is 31.8. The number of rotatable bonds is 13. The van der Waals surface area contributed by atoms with Gasteiger partial charge in [-0.05, 0) is 78.7 Å². The van der Waals surface area contributed by atoms with Crippen LogP contribution in [0.1, 0.15) is 58.6 Å². The summed E-state index contributed by atoms with van der Waals surface area (Å²) >= 11 is 0. The molecule has 0 saturated heterocycles. The predicted octanol–water partition coefficient (Wildman–Crippen LogP) is 7.10. The van der Waals surface area contributed by atoms with Crippen molar-refractivity contribution in [3.8, 4) is 11.1 Å². The lowest BCUT2D eigenvalue weighted by Crippen LogP contribution is -2.46. The smallest absolute Gasteiger partial charge is 0.350 e. The largest absolute Gasteiger partial charge is 0.416 e. The van der Waals surface area contributed by atoms with Crippen molar-refractivity contribution in [2.45, 2.75) is 56.4 Å². The molecule has 1 aliphatic carbocycles. The molecule has 8 heteroatoms. The minimum atomic E-state index is -4.47. The topological polar surface area (TPSA) is 70.2 Å². The lowest BCUT2D eigenvalue weighted by Gasteiger charge is -2.19. The number of benzene rings is 4. The first-order chi connectivity index (χ1) is 21.3. The van der Waals surface area contributed by atoms with Gasteiger partial charge < -0.3 is 16.0 Å². The van der Waals surface area contributed by atoms with Crippen LogP contribution in [0.2, 0.25) is 0 Å². The van der Waals surface area contributed by atoms with E-state index >= 15 is 0 Å². The Bertz CT molecular complexity index is 1530. The summed E-state index contributed by atoms with van der Waals surface area (Å²) in [5.74, 6) is -0.292. The summed E-state index contributed by atoms with van der Waals surface area (Å²) in [5.41, 5.74) is 3.31. The highest BCUT2D eigenvalue weighted by Gasteiger charge is 2.37. The van der Waals surface area contributed by atoms with Crippen molar-refractivity contribution in [3.05, 3.63) is 131 Å². The zero-order valence-corrected chi connectivity index (χ0v) is 24.3. The number of carbonyl (C=O) groups excluding carboxylic acids is 2. The van der Waals surface area contributed by atoms with Gasteiger partial charge in [-0.2, -0.15) is 13.2 Å². The molecular weight excluding hydrogens is 563 g/mol. The van der Waals surface area contributed by atoms with E-state index in [9.17, 15) is 22.8 Å². The van der Waals surface area contributed by atoms with Gasteiger partial charge in [0.15, 0.2) is 0 Å². The maximum Gasteiger partial charge on any atom is 0.416 e. The van der Waals surface area contributed by atoms with E-state index in [0.29, 0.717) is 35.9 Å². The van der Waals surface area contributed by atoms with Crippen molar-refractivity contribution in [1.82, 2.24) is 16.0 Å². The Balaban J connectivity index is 1.17. The summed E-state index contributed by atoms with van der Waals surface area (Å²) in [5, 5.41) is 9.15. The summed E-state index contributed by atoms with van der Waals surface area (Å²) in [6.45, 7) is 0.715. The first-order valence-electron chi connectivity index (χ1n) is 15.0. The van der Waals surface area contributed by atoms with Crippen molar-refractivity contribution in [3.63, 3.8) is 0 Å². The second-order valence-corrected chi connectivity index (χ2v) is 11.2. The van der Waals surface area contributed by atoms with Crippen LogP contribution in [0, 0.1) is 0 Å². The van der Waals surface area contributed by atoms with Crippen LogP contribution in [-0.4, -0.2) is 30.4 Å². The van der Waals surface area contributed by atoms with Crippen LogP contribution in [-0.2, 0) is 17.5 Å². The molecule has 5 rings (SSSR count). The van der Waals surface area contributed by atoms with Crippen molar-refractivity contribution in [2.24, 2.45) is 0 Å². The van der Waals surface area contributed by atoms with Gasteiger partial charge >= 0.3 is 6.18 Å². The number of halogens is 3. The van der Waals surface area contributed by atoms with E-state index in [1.165, 1.54) is 17.7 Å². The Labute approximate surface area is 255 Å². The summed E-state index contributed by atoms with van der Waals surface area (Å²) in [4.78, 5) is 26.4. The Morgan fingerprint density at radius 2 is 1.48 bits per heavy atom. The molecule has 228 valence electrons. The highest BCUT2D eigenvalue weighted by Crippen LogP contribution is 2.40. The molecule has 1 fully saturated rings. The molecule has 0 radical (unpaired) electrons. The minimum absolute atomic E-state index is 0.0784. The Morgan fingerprint density at radius 1 is 0.795 bits per heavy atom. The standard InChI is InChI=1S/C36H36F3N3O2/c37-36(38,39)30-15-9-10-25(22-30)24-41-35(44)32(16-7-8-21-40-33-23-31(33)28-13-5-2-6-14-28)42-34(43)29-19-17-27(18-20-29)26-11-3-1-4-12-26/h1-6,9-15,17-20,22,31-33,40H,7-8,16,21,23-24H2,(H,41,44)(H,42,43)/t31-,32?,33+/m0/s1. The quantitative estimate of drug-likeness (QED) is 0.144. The maximum absolute atomic E-state index is 13.2. The van der Waals surface area contributed by atoms with Gasteiger partial charge in [0.1, 0.15) is 6.04 Å². The maximum atomic E-state index is 13.2. The highest BCUT2D eigenvalue weighted by molar-refractivity contribution is 5.97. The van der Waals surface area contributed by atoms with Gasteiger partial charge in [0, 0.05) is 24.1 Å². The third kappa shape index (κ3) is 8.57. The molecule has 3 atom stereocenters. The molecule has 5 nitrogen and oxygen atoms in total. The zero-order valence-electron chi connectivity index (χ0n) is 24.3. The molecule has 3 N–H and O–H groups in total. The van der Waals surface area contributed by atoms with E-state index in [1.807, 2.05) is 48.5 Å². The van der Waals surface area contributed by atoms with E-state index in [2.05, 4.69) is 40.2 Å². The number of hydrogen-bond acceptors (Lipinski definition) is 3. The Hall–Kier alpha value is -4.43. The second kappa shape index (κ2) is 14.4. The molecule has 4 aromatic carbocycles. The molecule has 0 bridgehead atoms. The van der Waals surface area contributed by atoms with E-state index in [1.54, 1.807) is 12.1 Å². The molecule has 0 aromatic heterocycles. The van der Waals surface area contributed by atoms with E-state index in [4.69, 9.17) is 0 Å².